The molecule has 0 bridgehead atoms. The Bertz CT molecular complexity index is 352. The van der Waals surface area contributed by atoms with Crippen LogP contribution in [-0.4, -0.2) is 58.5 Å². The van der Waals surface area contributed by atoms with Crippen LogP contribution in [0.2, 0.25) is 0 Å². The molecule has 0 aromatic heterocycles. The Labute approximate surface area is 159 Å². The van der Waals surface area contributed by atoms with Crippen molar-refractivity contribution in [3.05, 3.63) is 0 Å². The van der Waals surface area contributed by atoms with Crippen molar-refractivity contribution in [1.82, 2.24) is 10.2 Å². The van der Waals surface area contributed by atoms with Crippen LogP contribution in [0.15, 0.2) is 0 Å². The van der Waals surface area contributed by atoms with Crippen LogP contribution in [0.3, 0.4) is 0 Å². The van der Waals surface area contributed by atoms with Crippen LogP contribution in [0.1, 0.15) is 71.6 Å². The number of alkyl halides is 1. The maximum Gasteiger partial charge on any atom is 0.105 e. The Balaban J connectivity index is 1.86. The standard InChI is InChI=1S/C20H39ClN2O2/c1-3-5-15(6-4-2)16(12-23-13-19(24)14-23)11-20(25)22-18-9-7-17(21)8-10-18/h15-20,22,24-25H,3-14H2,1-2H3. The second-order valence-corrected chi connectivity index (χ2v) is 8.95. The quantitative estimate of drug-likeness (QED) is 0.383. The van der Waals surface area contributed by atoms with Crippen molar-refractivity contribution in [2.24, 2.45) is 11.8 Å². The fraction of sp³-hybridized carbons (Fsp3) is 1.00. The van der Waals surface area contributed by atoms with Gasteiger partial charge in [0.25, 0.3) is 0 Å². The van der Waals surface area contributed by atoms with Gasteiger partial charge in [0.05, 0.1) is 6.10 Å². The molecule has 5 heteroatoms. The van der Waals surface area contributed by atoms with Crippen LogP contribution in [0.25, 0.3) is 0 Å². The normalized spacial score (nSPS) is 28.1. The third kappa shape index (κ3) is 7.34. The largest absolute Gasteiger partial charge is 0.390 e. The Hall–Kier alpha value is 0.130. The molecular formula is C20H39ClN2O2. The Kier molecular flexibility index (Phi) is 9.50. The predicted octanol–water partition coefficient (Wildman–Crippen LogP) is 3.34. The Morgan fingerprint density at radius 2 is 1.64 bits per heavy atom. The lowest BCUT2D eigenvalue weighted by Gasteiger charge is -2.41. The van der Waals surface area contributed by atoms with Gasteiger partial charge in [-0.2, -0.15) is 0 Å². The maximum absolute atomic E-state index is 10.7. The van der Waals surface area contributed by atoms with Crippen LogP contribution in [0, 0.1) is 11.8 Å². The first-order chi connectivity index (χ1) is 12.0. The van der Waals surface area contributed by atoms with E-state index in [1.807, 2.05) is 0 Å². The highest BCUT2D eigenvalue weighted by Gasteiger charge is 2.31. The lowest BCUT2D eigenvalue weighted by Crippen LogP contribution is -2.53. The van der Waals surface area contributed by atoms with Crippen molar-refractivity contribution in [3.63, 3.8) is 0 Å². The smallest absolute Gasteiger partial charge is 0.105 e. The number of nitrogens with zero attached hydrogens (tertiary/aromatic N) is 1. The number of hydrogen-bond acceptors (Lipinski definition) is 4. The van der Waals surface area contributed by atoms with E-state index in [4.69, 9.17) is 11.6 Å². The topological polar surface area (TPSA) is 55.7 Å². The van der Waals surface area contributed by atoms with Gasteiger partial charge >= 0.3 is 0 Å². The fourth-order valence-corrected chi connectivity index (χ4v) is 4.89. The lowest BCUT2D eigenvalue weighted by atomic mass is 9.81. The molecule has 1 aliphatic heterocycles. The molecule has 3 N–H and O–H groups in total. The summed E-state index contributed by atoms with van der Waals surface area (Å²) in [6.45, 7) is 7.11. The molecule has 2 rings (SSSR count). The van der Waals surface area contributed by atoms with E-state index in [2.05, 4.69) is 24.1 Å². The molecule has 2 unspecified atom stereocenters. The highest BCUT2D eigenvalue weighted by atomic mass is 35.5. The summed E-state index contributed by atoms with van der Waals surface area (Å²) >= 11 is 6.19. The zero-order valence-electron chi connectivity index (χ0n) is 16.2. The maximum atomic E-state index is 10.7. The molecule has 0 aromatic rings. The van der Waals surface area contributed by atoms with E-state index in [1.54, 1.807) is 0 Å². The number of hydrogen-bond donors (Lipinski definition) is 3. The van der Waals surface area contributed by atoms with E-state index in [-0.39, 0.29) is 6.10 Å². The molecule has 0 spiro atoms. The number of β-amino-alcohol motifs (C(OH)–C–C–N with tert-alkyl or cyclic N) is 1. The highest BCUT2D eigenvalue weighted by Crippen LogP contribution is 2.30. The first-order valence-corrected chi connectivity index (χ1v) is 10.9. The summed E-state index contributed by atoms with van der Waals surface area (Å²) in [6.07, 6.45) is 9.36. The summed E-state index contributed by atoms with van der Waals surface area (Å²) in [5.74, 6) is 1.17. The number of nitrogens with one attached hydrogen (secondary N) is 1. The van der Waals surface area contributed by atoms with E-state index in [0.29, 0.717) is 23.3 Å². The molecule has 25 heavy (non-hydrogen) atoms. The summed E-state index contributed by atoms with van der Waals surface area (Å²) in [7, 11) is 0. The molecule has 2 fully saturated rings. The molecule has 4 nitrogen and oxygen atoms in total. The highest BCUT2D eigenvalue weighted by molar-refractivity contribution is 6.20. The van der Waals surface area contributed by atoms with E-state index in [9.17, 15) is 10.2 Å². The van der Waals surface area contributed by atoms with Gasteiger partial charge in [-0.05, 0) is 43.9 Å². The average Bonchev–Trinajstić information content (AvgIpc) is 2.54. The van der Waals surface area contributed by atoms with E-state index >= 15 is 0 Å². The fourth-order valence-electron chi connectivity index (χ4n) is 4.64. The molecule has 1 saturated carbocycles. The minimum absolute atomic E-state index is 0.148. The third-order valence-electron chi connectivity index (χ3n) is 6.03. The molecule has 2 atom stereocenters. The van der Waals surface area contributed by atoms with Crippen molar-refractivity contribution in [1.29, 1.82) is 0 Å². The van der Waals surface area contributed by atoms with Crippen LogP contribution in [0.4, 0.5) is 0 Å². The van der Waals surface area contributed by atoms with Crippen LogP contribution in [0.5, 0.6) is 0 Å². The van der Waals surface area contributed by atoms with Crippen molar-refractivity contribution in [3.8, 4) is 0 Å². The number of halogens is 1. The Morgan fingerprint density at radius 1 is 1.04 bits per heavy atom. The SMILES string of the molecule is CCCC(CCC)C(CC(O)NC1CCC(Cl)CC1)CN1CC(O)C1. The Morgan fingerprint density at radius 3 is 2.16 bits per heavy atom. The number of aliphatic hydroxyl groups is 2. The van der Waals surface area contributed by atoms with Crippen molar-refractivity contribution in [2.75, 3.05) is 19.6 Å². The zero-order chi connectivity index (χ0) is 18.2. The summed E-state index contributed by atoms with van der Waals surface area (Å²) in [4.78, 5) is 2.35. The molecule has 1 saturated heterocycles. The average molecular weight is 375 g/mol. The van der Waals surface area contributed by atoms with Gasteiger partial charge in [-0.1, -0.05) is 39.5 Å². The molecule has 148 valence electrons. The van der Waals surface area contributed by atoms with Crippen LogP contribution < -0.4 is 5.32 Å². The first kappa shape index (κ1) is 21.4. The van der Waals surface area contributed by atoms with Gasteiger partial charge in [0, 0.05) is 31.1 Å². The summed E-state index contributed by atoms with van der Waals surface area (Å²) in [5, 5.41) is 24.0. The predicted molar refractivity (Wildman–Crippen MR) is 105 cm³/mol. The van der Waals surface area contributed by atoms with Crippen molar-refractivity contribution in [2.45, 2.75) is 95.4 Å². The van der Waals surface area contributed by atoms with Crippen molar-refractivity contribution < 1.29 is 10.2 Å². The minimum Gasteiger partial charge on any atom is -0.390 e. The lowest BCUT2D eigenvalue weighted by molar-refractivity contribution is -0.0220. The number of aliphatic hydroxyl groups excluding tert-OH is 2. The van der Waals surface area contributed by atoms with Gasteiger partial charge in [0.15, 0.2) is 0 Å². The second kappa shape index (κ2) is 11.1. The van der Waals surface area contributed by atoms with Gasteiger partial charge in [-0.25, -0.2) is 0 Å². The first-order valence-electron chi connectivity index (χ1n) is 10.5. The summed E-state index contributed by atoms with van der Waals surface area (Å²) in [5.41, 5.74) is 0. The zero-order valence-corrected chi connectivity index (χ0v) is 16.9. The molecular weight excluding hydrogens is 336 g/mol. The van der Waals surface area contributed by atoms with E-state index in [1.165, 1.54) is 25.7 Å². The molecule has 1 heterocycles. The number of rotatable bonds is 11. The molecule has 0 aromatic carbocycles. The summed E-state index contributed by atoms with van der Waals surface area (Å²) < 4.78 is 0. The molecule has 0 amide bonds. The van der Waals surface area contributed by atoms with Gasteiger partial charge in [-0.3, -0.25) is 10.2 Å². The van der Waals surface area contributed by atoms with Gasteiger partial charge in [-0.15, -0.1) is 11.6 Å². The molecule has 1 aliphatic carbocycles. The monoisotopic (exact) mass is 374 g/mol. The molecule has 0 radical (unpaired) electrons. The van der Waals surface area contributed by atoms with Gasteiger partial charge in [0.1, 0.15) is 6.23 Å². The van der Waals surface area contributed by atoms with Crippen LogP contribution >= 0.6 is 11.6 Å². The second-order valence-electron chi connectivity index (χ2n) is 8.34. The third-order valence-corrected chi connectivity index (χ3v) is 6.46. The van der Waals surface area contributed by atoms with E-state index < -0.39 is 6.23 Å². The van der Waals surface area contributed by atoms with E-state index in [0.717, 1.165) is 51.7 Å². The number of likely N-dealkylation sites (tertiary alicyclic amines) is 1. The van der Waals surface area contributed by atoms with Gasteiger partial charge < -0.3 is 10.2 Å². The van der Waals surface area contributed by atoms with Gasteiger partial charge in [0.2, 0.25) is 0 Å². The summed E-state index contributed by atoms with van der Waals surface area (Å²) in [6, 6.07) is 0.410. The van der Waals surface area contributed by atoms with Crippen molar-refractivity contribution >= 4 is 11.6 Å². The molecule has 2 aliphatic rings. The van der Waals surface area contributed by atoms with Crippen LogP contribution in [-0.2, 0) is 0 Å². The minimum atomic E-state index is -0.427.